The van der Waals surface area contributed by atoms with E-state index in [9.17, 15) is 4.79 Å². The van der Waals surface area contributed by atoms with Crippen LogP contribution < -0.4 is 0 Å². The van der Waals surface area contributed by atoms with E-state index in [-0.39, 0.29) is 11.6 Å². The van der Waals surface area contributed by atoms with Crippen LogP contribution >= 0.6 is 0 Å². The number of methoxy groups -OCH3 is 1. The molecule has 0 spiro atoms. The zero-order chi connectivity index (χ0) is 14.5. The van der Waals surface area contributed by atoms with Gasteiger partial charge in [0.1, 0.15) is 0 Å². The molecule has 19 heavy (non-hydrogen) atoms. The first-order chi connectivity index (χ1) is 8.93. The van der Waals surface area contributed by atoms with Crippen LogP contribution in [-0.2, 0) is 14.3 Å². The lowest BCUT2D eigenvalue weighted by molar-refractivity contribution is -0.135. The quantitative estimate of drug-likeness (QED) is 0.568. The molecule has 1 heterocycles. The molecule has 0 amide bonds. The van der Waals surface area contributed by atoms with Crippen molar-refractivity contribution < 1.29 is 14.3 Å². The molecule has 1 saturated heterocycles. The third-order valence-corrected chi connectivity index (χ3v) is 3.71. The number of hydrogen-bond donors (Lipinski definition) is 0. The number of ether oxygens (including phenoxy) is 2. The first kappa shape index (κ1) is 16.0. The minimum Gasteiger partial charge on any atom is -0.466 e. The van der Waals surface area contributed by atoms with E-state index in [0.29, 0.717) is 5.92 Å². The summed E-state index contributed by atoms with van der Waals surface area (Å²) in [5, 5.41) is 0. The van der Waals surface area contributed by atoms with Crippen molar-refractivity contribution >= 4 is 5.97 Å². The van der Waals surface area contributed by atoms with Gasteiger partial charge in [0.2, 0.25) is 0 Å². The standard InChI is InChI=1S/C15H27NO3/c1-6-16(7-2)13(10-14(17)18-5)12-8-9-19-15(3,4)11-12/h10,12H,6-9,11H2,1-5H3/b13-10+. The maximum absolute atomic E-state index is 11.6. The number of hydrogen-bond acceptors (Lipinski definition) is 4. The molecule has 110 valence electrons. The number of carbonyl (C=O) groups is 1. The van der Waals surface area contributed by atoms with Crippen LogP contribution in [0.5, 0.6) is 0 Å². The zero-order valence-electron chi connectivity index (χ0n) is 12.9. The van der Waals surface area contributed by atoms with Crippen LogP contribution in [0.1, 0.15) is 40.5 Å². The highest BCUT2D eigenvalue weighted by atomic mass is 16.5. The van der Waals surface area contributed by atoms with Gasteiger partial charge in [-0.2, -0.15) is 0 Å². The van der Waals surface area contributed by atoms with E-state index in [1.807, 2.05) is 0 Å². The Bertz CT molecular complexity index is 332. The molecular formula is C15H27NO3. The maximum Gasteiger partial charge on any atom is 0.332 e. The minimum absolute atomic E-state index is 0.120. The topological polar surface area (TPSA) is 38.8 Å². The van der Waals surface area contributed by atoms with Crippen LogP contribution in [0.15, 0.2) is 11.8 Å². The summed E-state index contributed by atoms with van der Waals surface area (Å²) in [6, 6.07) is 0. The monoisotopic (exact) mass is 269 g/mol. The fraction of sp³-hybridized carbons (Fsp3) is 0.800. The maximum atomic E-state index is 11.6. The summed E-state index contributed by atoms with van der Waals surface area (Å²) in [4.78, 5) is 13.8. The van der Waals surface area contributed by atoms with Crippen molar-refractivity contribution in [1.29, 1.82) is 0 Å². The molecule has 1 atom stereocenters. The Labute approximate surface area is 116 Å². The Hall–Kier alpha value is -1.03. The molecule has 4 heteroatoms. The number of rotatable bonds is 5. The van der Waals surface area contributed by atoms with Crippen LogP contribution in [-0.4, -0.2) is 43.3 Å². The molecule has 1 rings (SSSR count). The normalized spacial score (nSPS) is 23.0. The van der Waals surface area contributed by atoms with E-state index in [1.54, 1.807) is 6.08 Å². The second-order valence-corrected chi connectivity index (χ2v) is 5.56. The average molecular weight is 269 g/mol. The van der Waals surface area contributed by atoms with Crippen LogP contribution in [0.4, 0.5) is 0 Å². The molecule has 0 radical (unpaired) electrons. The summed E-state index contributed by atoms with van der Waals surface area (Å²) < 4.78 is 10.6. The summed E-state index contributed by atoms with van der Waals surface area (Å²) >= 11 is 0. The zero-order valence-corrected chi connectivity index (χ0v) is 12.9. The molecular weight excluding hydrogens is 242 g/mol. The predicted octanol–water partition coefficient (Wildman–Crippen LogP) is 2.59. The second-order valence-electron chi connectivity index (χ2n) is 5.56. The molecule has 0 aromatic rings. The number of esters is 1. The molecule has 0 aliphatic carbocycles. The van der Waals surface area contributed by atoms with Gasteiger partial charge in [-0.3, -0.25) is 0 Å². The SMILES string of the molecule is CCN(CC)/C(=C/C(=O)OC)C1CCOC(C)(C)C1. The summed E-state index contributed by atoms with van der Waals surface area (Å²) in [5.74, 6) is 0.0916. The lowest BCUT2D eigenvalue weighted by Gasteiger charge is -2.39. The van der Waals surface area contributed by atoms with Crippen molar-refractivity contribution in [2.45, 2.75) is 46.1 Å². The average Bonchev–Trinajstić information content (AvgIpc) is 2.37. The first-order valence-electron chi connectivity index (χ1n) is 7.12. The van der Waals surface area contributed by atoms with Crippen molar-refractivity contribution in [3.63, 3.8) is 0 Å². The van der Waals surface area contributed by atoms with Gasteiger partial charge in [-0.15, -0.1) is 0 Å². The molecule has 1 aliphatic heterocycles. The van der Waals surface area contributed by atoms with E-state index in [0.717, 1.165) is 38.2 Å². The summed E-state index contributed by atoms with van der Waals surface area (Å²) in [6.45, 7) is 11.0. The van der Waals surface area contributed by atoms with Crippen molar-refractivity contribution in [2.75, 3.05) is 26.8 Å². The lowest BCUT2D eigenvalue weighted by Crippen LogP contribution is -2.38. The molecule has 0 bridgehead atoms. The molecule has 0 N–H and O–H groups in total. The third-order valence-electron chi connectivity index (χ3n) is 3.71. The Morgan fingerprint density at radius 2 is 2.05 bits per heavy atom. The molecule has 1 fully saturated rings. The Morgan fingerprint density at radius 3 is 2.53 bits per heavy atom. The van der Waals surface area contributed by atoms with E-state index >= 15 is 0 Å². The molecule has 1 aliphatic rings. The summed E-state index contributed by atoms with van der Waals surface area (Å²) in [7, 11) is 1.42. The highest BCUT2D eigenvalue weighted by Gasteiger charge is 2.32. The van der Waals surface area contributed by atoms with Crippen LogP contribution in [0.2, 0.25) is 0 Å². The van der Waals surface area contributed by atoms with Gasteiger partial charge in [-0.25, -0.2) is 4.79 Å². The summed E-state index contributed by atoms with van der Waals surface area (Å²) in [6.07, 6.45) is 3.55. The van der Waals surface area contributed by atoms with Crippen molar-refractivity contribution in [2.24, 2.45) is 5.92 Å². The van der Waals surface area contributed by atoms with Gasteiger partial charge in [0.25, 0.3) is 0 Å². The van der Waals surface area contributed by atoms with Crippen molar-refractivity contribution in [3.05, 3.63) is 11.8 Å². The largest absolute Gasteiger partial charge is 0.466 e. The summed E-state index contributed by atoms with van der Waals surface area (Å²) in [5.41, 5.74) is 0.971. The smallest absolute Gasteiger partial charge is 0.332 e. The van der Waals surface area contributed by atoms with Gasteiger partial charge in [0, 0.05) is 37.4 Å². The van der Waals surface area contributed by atoms with E-state index in [4.69, 9.17) is 9.47 Å². The number of nitrogens with zero attached hydrogens (tertiary/aromatic N) is 1. The molecule has 4 nitrogen and oxygen atoms in total. The fourth-order valence-electron chi connectivity index (χ4n) is 2.72. The molecule has 0 aromatic heterocycles. The van der Waals surface area contributed by atoms with Gasteiger partial charge in [0.15, 0.2) is 0 Å². The Kier molecular flexibility index (Phi) is 5.85. The predicted molar refractivity (Wildman–Crippen MR) is 75.8 cm³/mol. The van der Waals surface area contributed by atoms with Gasteiger partial charge >= 0.3 is 5.97 Å². The van der Waals surface area contributed by atoms with Crippen LogP contribution in [0.25, 0.3) is 0 Å². The third kappa shape index (κ3) is 4.53. The lowest BCUT2D eigenvalue weighted by atomic mass is 9.85. The van der Waals surface area contributed by atoms with E-state index in [2.05, 4.69) is 32.6 Å². The van der Waals surface area contributed by atoms with Gasteiger partial charge in [-0.1, -0.05) is 0 Å². The highest BCUT2D eigenvalue weighted by Crippen LogP contribution is 2.34. The van der Waals surface area contributed by atoms with Crippen molar-refractivity contribution in [3.8, 4) is 0 Å². The van der Waals surface area contributed by atoms with E-state index in [1.165, 1.54) is 7.11 Å². The van der Waals surface area contributed by atoms with E-state index < -0.39 is 0 Å². The molecule has 0 saturated carbocycles. The van der Waals surface area contributed by atoms with Gasteiger partial charge in [-0.05, 0) is 40.5 Å². The van der Waals surface area contributed by atoms with Crippen LogP contribution in [0.3, 0.4) is 0 Å². The Morgan fingerprint density at radius 1 is 1.42 bits per heavy atom. The fourth-order valence-corrected chi connectivity index (χ4v) is 2.72. The highest BCUT2D eigenvalue weighted by molar-refractivity contribution is 5.82. The molecule has 1 unspecified atom stereocenters. The first-order valence-corrected chi connectivity index (χ1v) is 7.12. The minimum atomic E-state index is -0.272. The number of allylic oxidation sites excluding steroid dienone is 1. The molecule has 0 aromatic carbocycles. The van der Waals surface area contributed by atoms with Crippen molar-refractivity contribution in [1.82, 2.24) is 4.90 Å². The second kappa shape index (κ2) is 6.94. The number of carbonyl (C=O) groups excluding carboxylic acids is 1. The van der Waals surface area contributed by atoms with Crippen LogP contribution in [0, 0.1) is 5.92 Å². The Balaban J connectivity index is 2.95. The van der Waals surface area contributed by atoms with Gasteiger partial charge < -0.3 is 14.4 Å². The van der Waals surface area contributed by atoms with Gasteiger partial charge in [0.05, 0.1) is 12.7 Å².